The molecule has 3 heteroatoms. The van der Waals surface area contributed by atoms with E-state index in [-0.39, 0.29) is 11.5 Å². The van der Waals surface area contributed by atoms with Crippen LogP contribution in [0.2, 0.25) is 0 Å². The third-order valence-corrected chi connectivity index (χ3v) is 2.91. The molecule has 0 unspecified atom stereocenters. The lowest BCUT2D eigenvalue weighted by molar-refractivity contribution is -0.147. The average Bonchev–Trinajstić information content (AvgIpc) is 2.79. The van der Waals surface area contributed by atoms with Gasteiger partial charge in [-0.3, -0.25) is 4.79 Å². The van der Waals surface area contributed by atoms with Gasteiger partial charge in [0.1, 0.15) is 5.54 Å². The molecule has 0 amide bonds. The predicted molar refractivity (Wildman–Crippen MR) is 44.7 cm³/mol. The molecule has 1 aliphatic carbocycles. The average molecular weight is 169 g/mol. The Kier molecular flexibility index (Phi) is 1.83. The lowest BCUT2D eigenvalue weighted by Gasteiger charge is -2.21. The van der Waals surface area contributed by atoms with E-state index in [1.165, 1.54) is 12.8 Å². The molecule has 0 aromatic heterocycles. The number of rotatable bonds is 2. The molecule has 1 saturated carbocycles. The minimum Gasteiger partial charge on any atom is -0.465 e. The highest BCUT2D eigenvalue weighted by molar-refractivity contribution is 5.85. The zero-order valence-corrected chi connectivity index (χ0v) is 7.43. The lowest BCUT2D eigenvalue weighted by Crippen LogP contribution is -2.45. The van der Waals surface area contributed by atoms with Crippen molar-refractivity contribution in [3.63, 3.8) is 0 Å². The maximum atomic E-state index is 11.5. The van der Waals surface area contributed by atoms with Crippen LogP contribution in [0.15, 0.2) is 0 Å². The van der Waals surface area contributed by atoms with Gasteiger partial charge < -0.3 is 10.1 Å². The summed E-state index contributed by atoms with van der Waals surface area (Å²) >= 11 is 0. The molecule has 2 rings (SSSR count). The van der Waals surface area contributed by atoms with Gasteiger partial charge in [0.2, 0.25) is 0 Å². The number of esters is 1. The molecule has 2 aliphatic rings. The fraction of sp³-hybridized carbons (Fsp3) is 0.889. The zero-order valence-electron chi connectivity index (χ0n) is 7.43. The molecule has 68 valence electrons. The molecule has 12 heavy (non-hydrogen) atoms. The Hall–Kier alpha value is -0.570. The number of carbonyl (C=O) groups excluding carboxylic acids is 1. The standard InChI is InChI=1S/C9H15NO2/c1-2-12-8(11)9-6-7(9)4-3-5-10-9/h7,10H,2-6H2,1H3/t7-,9-/m1/s1. The first-order valence-corrected chi connectivity index (χ1v) is 4.72. The van der Waals surface area contributed by atoms with E-state index < -0.39 is 0 Å². The summed E-state index contributed by atoms with van der Waals surface area (Å²) in [7, 11) is 0. The summed E-state index contributed by atoms with van der Waals surface area (Å²) in [6.07, 6.45) is 3.38. The van der Waals surface area contributed by atoms with Crippen molar-refractivity contribution < 1.29 is 9.53 Å². The molecule has 1 saturated heterocycles. The van der Waals surface area contributed by atoms with Crippen LogP contribution >= 0.6 is 0 Å². The van der Waals surface area contributed by atoms with Crippen molar-refractivity contribution in [2.24, 2.45) is 5.92 Å². The van der Waals surface area contributed by atoms with E-state index in [4.69, 9.17) is 4.74 Å². The van der Waals surface area contributed by atoms with Crippen LogP contribution in [0, 0.1) is 5.92 Å². The van der Waals surface area contributed by atoms with Crippen LogP contribution in [-0.4, -0.2) is 24.7 Å². The Balaban J connectivity index is 1.98. The van der Waals surface area contributed by atoms with Gasteiger partial charge in [-0.05, 0) is 38.6 Å². The first-order chi connectivity index (χ1) is 5.79. The minimum absolute atomic E-state index is 0.0327. The summed E-state index contributed by atoms with van der Waals surface area (Å²) in [5.41, 5.74) is -0.256. The molecular weight excluding hydrogens is 154 g/mol. The van der Waals surface area contributed by atoms with E-state index in [0.29, 0.717) is 12.5 Å². The number of nitrogens with one attached hydrogen (secondary N) is 1. The molecule has 1 aliphatic heterocycles. The predicted octanol–water partition coefficient (Wildman–Crippen LogP) is 0.692. The van der Waals surface area contributed by atoms with Gasteiger partial charge in [-0.1, -0.05) is 0 Å². The second-order valence-electron chi connectivity index (χ2n) is 3.66. The molecule has 1 heterocycles. The molecule has 0 radical (unpaired) electrons. The van der Waals surface area contributed by atoms with Crippen LogP contribution in [0.4, 0.5) is 0 Å². The topological polar surface area (TPSA) is 38.3 Å². The highest BCUT2D eigenvalue weighted by atomic mass is 16.5. The van der Waals surface area contributed by atoms with Gasteiger partial charge in [0, 0.05) is 0 Å². The van der Waals surface area contributed by atoms with Crippen molar-refractivity contribution in [2.45, 2.75) is 31.7 Å². The van der Waals surface area contributed by atoms with Crippen molar-refractivity contribution in [3.8, 4) is 0 Å². The minimum atomic E-state index is -0.256. The molecule has 0 aromatic carbocycles. The molecule has 3 nitrogen and oxygen atoms in total. The van der Waals surface area contributed by atoms with Crippen molar-refractivity contribution in [1.29, 1.82) is 0 Å². The van der Waals surface area contributed by atoms with Crippen LogP contribution in [0.1, 0.15) is 26.2 Å². The fourth-order valence-corrected chi connectivity index (χ4v) is 2.14. The van der Waals surface area contributed by atoms with Crippen molar-refractivity contribution in [3.05, 3.63) is 0 Å². The van der Waals surface area contributed by atoms with Crippen LogP contribution in [0.5, 0.6) is 0 Å². The van der Waals surface area contributed by atoms with Gasteiger partial charge in [0.15, 0.2) is 0 Å². The van der Waals surface area contributed by atoms with E-state index in [2.05, 4.69) is 5.32 Å². The third kappa shape index (κ3) is 1.04. The summed E-state index contributed by atoms with van der Waals surface area (Å²) in [6, 6.07) is 0. The monoisotopic (exact) mass is 169 g/mol. The highest BCUT2D eigenvalue weighted by Gasteiger charge is 2.61. The molecule has 2 atom stereocenters. The highest BCUT2D eigenvalue weighted by Crippen LogP contribution is 2.49. The van der Waals surface area contributed by atoms with E-state index in [0.717, 1.165) is 13.0 Å². The summed E-state index contributed by atoms with van der Waals surface area (Å²) in [5.74, 6) is 0.528. The first-order valence-electron chi connectivity index (χ1n) is 4.72. The van der Waals surface area contributed by atoms with Gasteiger partial charge in [0.25, 0.3) is 0 Å². The normalized spacial score (nSPS) is 38.6. The van der Waals surface area contributed by atoms with Crippen molar-refractivity contribution >= 4 is 5.97 Å². The number of ether oxygens (including phenoxy) is 1. The van der Waals surface area contributed by atoms with Gasteiger partial charge in [-0.15, -0.1) is 0 Å². The van der Waals surface area contributed by atoms with Gasteiger partial charge >= 0.3 is 5.97 Å². The van der Waals surface area contributed by atoms with Crippen molar-refractivity contribution in [1.82, 2.24) is 5.32 Å². The largest absolute Gasteiger partial charge is 0.465 e. The summed E-state index contributed by atoms with van der Waals surface area (Å²) in [4.78, 5) is 11.5. The Bertz CT molecular complexity index is 205. The Morgan fingerprint density at radius 3 is 3.25 bits per heavy atom. The molecule has 0 spiro atoms. The summed E-state index contributed by atoms with van der Waals surface area (Å²) in [5, 5.41) is 3.28. The molecule has 0 aromatic rings. The van der Waals surface area contributed by atoms with Gasteiger partial charge in [0.05, 0.1) is 6.61 Å². The Labute approximate surface area is 72.5 Å². The molecular formula is C9H15NO2. The first kappa shape index (κ1) is 8.05. The van der Waals surface area contributed by atoms with Gasteiger partial charge in [-0.25, -0.2) is 0 Å². The van der Waals surface area contributed by atoms with Crippen LogP contribution in [-0.2, 0) is 9.53 Å². The van der Waals surface area contributed by atoms with Crippen molar-refractivity contribution in [2.75, 3.05) is 13.2 Å². The van der Waals surface area contributed by atoms with Gasteiger partial charge in [-0.2, -0.15) is 0 Å². The third-order valence-electron chi connectivity index (χ3n) is 2.91. The number of hydrogen-bond acceptors (Lipinski definition) is 3. The van der Waals surface area contributed by atoms with Crippen LogP contribution in [0.3, 0.4) is 0 Å². The smallest absolute Gasteiger partial charge is 0.326 e. The van der Waals surface area contributed by atoms with Crippen LogP contribution < -0.4 is 5.32 Å². The van der Waals surface area contributed by atoms with E-state index in [1.54, 1.807) is 0 Å². The van der Waals surface area contributed by atoms with E-state index in [1.807, 2.05) is 6.92 Å². The van der Waals surface area contributed by atoms with E-state index >= 15 is 0 Å². The summed E-state index contributed by atoms with van der Waals surface area (Å²) < 4.78 is 5.02. The SMILES string of the molecule is CCOC(=O)[C@@]12C[C@H]1CCCN2. The number of piperidine rings is 1. The zero-order chi connectivity index (χ0) is 8.60. The van der Waals surface area contributed by atoms with Crippen LogP contribution in [0.25, 0.3) is 0 Å². The molecule has 2 fully saturated rings. The lowest BCUT2D eigenvalue weighted by atomic mass is 10.1. The number of hydrogen-bond donors (Lipinski definition) is 1. The maximum Gasteiger partial charge on any atom is 0.326 e. The second-order valence-corrected chi connectivity index (χ2v) is 3.66. The Morgan fingerprint density at radius 2 is 2.58 bits per heavy atom. The Morgan fingerprint density at radius 1 is 1.75 bits per heavy atom. The maximum absolute atomic E-state index is 11.5. The molecule has 1 N–H and O–H groups in total. The summed E-state index contributed by atoms with van der Waals surface area (Å²) in [6.45, 7) is 3.32. The fourth-order valence-electron chi connectivity index (χ4n) is 2.14. The van der Waals surface area contributed by atoms with E-state index in [9.17, 15) is 4.79 Å². The molecule has 0 bridgehead atoms. The second kappa shape index (κ2) is 2.73. The quantitative estimate of drug-likeness (QED) is 0.618. The number of fused-ring (bicyclic) bond motifs is 1. The number of carbonyl (C=O) groups is 1.